The Morgan fingerprint density at radius 3 is 2.23 bits per heavy atom. The van der Waals surface area contributed by atoms with Gasteiger partial charge in [0.05, 0.1) is 18.7 Å². The van der Waals surface area contributed by atoms with E-state index in [1.54, 1.807) is 55.6 Å². The molecule has 162 valence electrons. The van der Waals surface area contributed by atoms with Crippen molar-refractivity contribution in [3.05, 3.63) is 65.4 Å². The third kappa shape index (κ3) is 4.60. The van der Waals surface area contributed by atoms with E-state index in [0.29, 0.717) is 22.7 Å². The zero-order valence-electron chi connectivity index (χ0n) is 18.0. The lowest BCUT2D eigenvalue weighted by Crippen LogP contribution is -2.31. The van der Waals surface area contributed by atoms with Gasteiger partial charge in [-0.2, -0.15) is 0 Å². The van der Waals surface area contributed by atoms with Gasteiger partial charge in [-0.3, -0.25) is 19.3 Å². The Hall–Kier alpha value is -3.61. The summed E-state index contributed by atoms with van der Waals surface area (Å²) in [4.78, 5) is 38.7. The minimum absolute atomic E-state index is 0.0745. The van der Waals surface area contributed by atoms with Gasteiger partial charge in [0.1, 0.15) is 5.75 Å². The number of carbonyl (C=O) groups excluding carboxylic acids is 3. The second-order valence-electron chi connectivity index (χ2n) is 7.86. The first-order valence-corrected chi connectivity index (χ1v) is 10.0. The number of hydrogen-bond acceptors (Lipinski definition) is 5. The fourth-order valence-corrected chi connectivity index (χ4v) is 3.65. The van der Waals surface area contributed by atoms with E-state index < -0.39 is 17.7 Å². The van der Waals surface area contributed by atoms with Crippen molar-refractivity contribution in [1.29, 1.82) is 0 Å². The maximum atomic E-state index is 13.0. The molecule has 1 atom stereocenters. The molecule has 1 aliphatic rings. The molecule has 1 heterocycles. The Morgan fingerprint density at radius 1 is 1.10 bits per heavy atom. The monoisotopic (exact) mass is 422 g/mol. The average molecular weight is 422 g/mol. The summed E-state index contributed by atoms with van der Waals surface area (Å²) >= 11 is 0. The molecule has 3 rings (SSSR count). The van der Waals surface area contributed by atoms with Crippen LogP contribution in [0.2, 0.25) is 0 Å². The van der Waals surface area contributed by atoms with Crippen LogP contribution in [-0.2, 0) is 14.4 Å². The molecular weight excluding hydrogens is 396 g/mol. The molecule has 7 nitrogen and oxygen atoms in total. The molecule has 0 aliphatic carbocycles. The lowest BCUT2D eigenvalue weighted by molar-refractivity contribution is -0.118. The Kier molecular flexibility index (Phi) is 6.44. The van der Waals surface area contributed by atoms with Gasteiger partial charge in [-0.05, 0) is 47.9 Å². The predicted molar refractivity (Wildman–Crippen MR) is 118 cm³/mol. The van der Waals surface area contributed by atoms with Crippen LogP contribution < -0.4 is 15.0 Å². The Balaban J connectivity index is 2.07. The van der Waals surface area contributed by atoms with E-state index >= 15 is 0 Å². The van der Waals surface area contributed by atoms with Gasteiger partial charge in [0.25, 0.3) is 5.91 Å². The van der Waals surface area contributed by atoms with Gasteiger partial charge in [-0.25, -0.2) is 0 Å². The van der Waals surface area contributed by atoms with E-state index in [9.17, 15) is 19.5 Å². The molecule has 0 aromatic heterocycles. The molecule has 0 bridgehead atoms. The van der Waals surface area contributed by atoms with Crippen LogP contribution in [0, 0.1) is 5.92 Å². The molecule has 0 saturated heterocycles. The van der Waals surface area contributed by atoms with Gasteiger partial charge in [-0.15, -0.1) is 0 Å². The van der Waals surface area contributed by atoms with E-state index in [1.165, 1.54) is 11.8 Å². The first kappa shape index (κ1) is 22.1. The van der Waals surface area contributed by atoms with Crippen LogP contribution in [0.1, 0.15) is 38.8 Å². The minimum Gasteiger partial charge on any atom is -0.503 e. The van der Waals surface area contributed by atoms with Gasteiger partial charge in [0, 0.05) is 24.7 Å². The molecular formula is C24H26N2O5. The quantitative estimate of drug-likeness (QED) is 0.698. The molecule has 7 heteroatoms. The van der Waals surface area contributed by atoms with Crippen molar-refractivity contribution in [2.45, 2.75) is 33.2 Å². The van der Waals surface area contributed by atoms with E-state index in [0.717, 1.165) is 0 Å². The molecule has 0 radical (unpaired) electrons. The number of anilines is 2. The lowest BCUT2D eigenvalue weighted by atomic mass is 9.92. The summed E-state index contributed by atoms with van der Waals surface area (Å²) in [7, 11) is 1.56. The highest BCUT2D eigenvalue weighted by molar-refractivity contribution is 6.16. The van der Waals surface area contributed by atoms with Crippen LogP contribution in [-0.4, -0.2) is 29.8 Å². The van der Waals surface area contributed by atoms with E-state index in [1.807, 2.05) is 13.8 Å². The number of benzene rings is 2. The maximum Gasteiger partial charge on any atom is 0.294 e. The highest BCUT2D eigenvalue weighted by Gasteiger charge is 2.44. The van der Waals surface area contributed by atoms with Crippen LogP contribution in [0.5, 0.6) is 5.75 Å². The Bertz CT molecular complexity index is 1020. The zero-order chi connectivity index (χ0) is 22.7. The van der Waals surface area contributed by atoms with Crippen molar-refractivity contribution in [1.82, 2.24) is 0 Å². The normalized spacial score (nSPS) is 16.1. The number of nitrogens with one attached hydrogen (secondary N) is 1. The van der Waals surface area contributed by atoms with Gasteiger partial charge in [-0.1, -0.05) is 26.0 Å². The number of carbonyl (C=O) groups is 3. The molecule has 31 heavy (non-hydrogen) atoms. The third-order valence-corrected chi connectivity index (χ3v) is 5.00. The third-order valence-electron chi connectivity index (χ3n) is 5.00. The summed E-state index contributed by atoms with van der Waals surface area (Å²) in [5, 5.41) is 13.3. The summed E-state index contributed by atoms with van der Waals surface area (Å²) in [5.41, 5.74) is 1.85. The summed E-state index contributed by atoms with van der Waals surface area (Å²) < 4.78 is 5.21. The van der Waals surface area contributed by atoms with Gasteiger partial charge >= 0.3 is 0 Å². The molecule has 1 unspecified atom stereocenters. The predicted octanol–water partition coefficient (Wildman–Crippen LogP) is 4.17. The van der Waals surface area contributed by atoms with Crippen LogP contribution >= 0.6 is 0 Å². The molecule has 0 saturated carbocycles. The summed E-state index contributed by atoms with van der Waals surface area (Å²) in [6, 6.07) is 12.9. The van der Waals surface area contributed by atoms with Gasteiger partial charge in [0.15, 0.2) is 11.5 Å². The Morgan fingerprint density at radius 2 is 1.71 bits per heavy atom. The van der Waals surface area contributed by atoms with Crippen LogP contribution in [0.3, 0.4) is 0 Å². The molecule has 2 aromatic carbocycles. The number of aliphatic hydroxyl groups is 1. The number of aliphatic hydroxyl groups excluding tert-OH is 1. The first-order valence-electron chi connectivity index (χ1n) is 10.0. The summed E-state index contributed by atoms with van der Waals surface area (Å²) in [5.74, 6) is -0.924. The minimum atomic E-state index is -0.767. The van der Waals surface area contributed by atoms with E-state index in [-0.39, 0.29) is 29.6 Å². The van der Waals surface area contributed by atoms with Gasteiger partial charge < -0.3 is 15.2 Å². The van der Waals surface area contributed by atoms with E-state index in [2.05, 4.69) is 5.32 Å². The Labute approximate surface area is 181 Å². The van der Waals surface area contributed by atoms with Crippen molar-refractivity contribution in [2.75, 3.05) is 17.3 Å². The number of ketones is 1. The SMILES string of the molecule is COc1ccc(C2C(C(=O)CC(C)C)=C(O)C(=O)N2c2ccc(NC(C)=O)cc2)cc1. The van der Waals surface area contributed by atoms with Crippen LogP contribution in [0.25, 0.3) is 0 Å². The number of hydrogen-bond donors (Lipinski definition) is 2. The van der Waals surface area contributed by atoms with E-state index in [4.69, 9.17) is 4.74 Å². The van der Waals surface area contributed by atoms with Crippen molar-refractivity contribution < 1.29 is 24.2 Å². The largest absolute Gasteiger partial charge is 0.503 e. The number of ether oxygens (including phenoxy) is 1. The molecule has 0 spiro atoms. The fourth-order valence-electron chi connectivity index (χ4n) is 3.65. The number of rotatable bonds is 7. The van der Waals surface area contributed by atoms with Gasteiger partial charge in [0.2, 0.25) is 5.91 Å². The van der Waals surface area contributed by atoms with Crippen molar-refractivity contribution in [3.63, 3.8) is 0 Å². The summed E-state index contributed by atoms with van der Waals surface area (Å²) in [6.07, 6.45) is 0.217. The molecule has 1 aliphatic heterocycles. The second-order valence-corrected chi connectivity index (χ2v) is 7.86. The molecule has 2 aromatic rings. The number of amides is 2. The summed E-state index contributed by atoms with van der Waals surface area (Å²) in [6.45, 7) is 5.23. The molecule has 2 N–H and O–H groups in total. The topological polar surface area (TPSA) is 95.9 Å². The van der Waals surface area contributed by atoms with Crippen molar-refractivity contribution >= 4 is 29.0 Å². The average Bonchev–Trinajstić information content (AvgIpc) is 2.99. The zero-order valence-corrected chi connectivity index (χ0v) is 18.0. The smallest absolute Gasteiger partial charge is 0.294 e. The second kappa shape index (κ2) is 9.04. The molecule has 2 amide bonds. The number of Topliss-reactive ketones (excluding diaryl/α,β-unsaturated/α-hetero) is 1. The highest BCUT2D eigenvalue weighted by Crippen LogP contribution is 2.42. The fraction of sp³-hybridized carbons (Fsp3) is 0.292. The first-order chi connectivity index (χ1) is 14.7. The van der Waals surface area contributed by atoms with Crippen molar-refractivity contribution in [2.24, 2.45) is 5.92 Å². The maximum absolute atomic E-state index is 13.0. The highest BCUT2D eigenvalue weighted by atomic mass is 16.5. The number of methoxy groups -OCH3 is 1. The molecule has 0 fully saturated rings. The van der Waals surface area contributed by atoms with Crippen molar-refractivity contribution in [3.8, 4) is 5.75 Å². The number of nitrogens with zero attached hydrogens (tertiary/aromatic N) is 1. The van der Waals surface area contributed by atoms with Crippen LogP contribution in [0.4, 0.5) is 11.4 Å². The lowest BCUT2D eigenvalue weighted by Gasteiger charge is -2.27. The standard InChI is InChI=1S/C24H26N2O5/c1-14(2)13-20(28)21-22(16-5-11-19(31-4)12-6-16)26(24(30)23(21)29)18-9-7-17(8-10-18)25-15(3)27/h5-12,14,22,29H,13H2,1-4H3,(H,25,27). The van der Waals surface area contributed by atoms with Crippen LogP contribution in [0.15, 0.2) is 59.9 Å².